The van der Waals surface area contributed by atoms with E-state index in [4.69, 9.17) is 16.7 Å². The van der Waals surface area contributed by atoms with Gasteiger partial charge in [-0.2, -0.15) is 0 Å². The second-order valence-electron chi connectivity index (χ2n) is 3.39. The van der Waals surface area contributed by atoms with Crippen molar-refractivity contribution in [2.45, 2.75) is 19.4 Å². The van der Waals surface area contributed by atoms with Crippen LogP contribution in [0.3, 0.4) is 0 Å². The van der Waals surface area contributed by atoms with Crippen LogP contribution >= 0.6 is 22.9 Å². The Morgan fingerprint density at radius 1 is 1.67 bits per heavy atom. The summed E-state index contributed by atoms with van der Waals surface area (Å²) in [7, 11) is 1.68. The van der Waals surface area contributed by atoms with Crippen LogP contribution in [0.4, 0.5) is 0 Å². The van der Waals surface area contributed by atoms with Crippen LogP contribution in [0.2, 0.25) is 4.34 Å². The molecule has 1 heterocycles. The smallest absolute Gasteiger partial charge is 0.250 e. The van der Waals surface area contributed by atoms with Gasteiger partial charge in [0.05, 0.1) is 4.34 Å². The van der Waals surface area contributed by atoms with Gasteiger partial charge in [0.15, 0.2) is 0 Å². The molecular weight excluding hydrogens is 234 g/mol. The van der Waals surface area contributed by atoms with Gasteiger partial charge in [-0.05, 0) is 25.5 Å². The van der Waals surface area contributed by atoms with E-state index in [2.05, 4.69) is 0 Å². The molecule has 5 heteroatoms. The lowest BCUT2D eigenvalue weighted by atomic mass is 10.3. The molecule has 0 aliphatic carbocycles. The number of carbonyl (C=O) groups is 1. The Bertz CT molecular complexity index is 338. The number of amides is 1. The summed E-state index contributed by atoms with van der Waals surface area (Å²) >= 11 is 7.30. The molecule has 1 aromatic rings. The van der Waals surface area contributed by atoms with Crippen LogP contribution in [0.25, 0.3) is 0 Å². The van der Waals surface area contributed by atoms with Gasteiger partial charge in [0.2, 0.25) is 0 Å². The minimum Gasteiger partial charge on any atom is -0.384 e. The number of aliphatic hydroxyl groups excluding tert-OH is 1. The van der Waals surface area contributed by atoms with Gasteiger partial charge in [0.25, 0.3) is 5.91 Å². The van der Waals surface area contributed by atoms with Gasteiger partial charge in [0, 0.05) is 18.5 Å². The molecule has 1 amide bonds. The molecule has 1 rings (SSSR count). The Labute approximate surface area is 98.3 Å². The molecule has 1 atom stereocenters. The third-order valence-electron chi connectivity index (χ3n) is 2.06. The summed E-state index contributed by atoms with van der Waals surface area (Å²) in [6.45, 7) is 2.07. The van der Waals surface area contributed by atoms with Crippen LogP contribution in [0.15, 0.2) is 12.1 Å². The zero-order valence-corrected chi connectivity index (χ0v) is 10.3. The monoisotopic (exact) mass is 247 g/mol. The van der Waals surface area contributed by atoms with Gasteiger partial charge in [-0.1, -0.05) is 11.6 Å². The van der Waals surface area contributed by atoms with E-state index in [1.54, 1.807) is 7.05 Å². The van der Waals surface area contributed by atoms with Crippen molar-refractivity contribution >= 4 is 28.8 Å². The lowest BCUT2D eigenvalue weighted by Gasteiger charge is -2.18. The molecule has 15 heavy (non-hydrogen) atoms. The highest BCUT2D eigenvalue weighted by molar-refractivity contribution is 7.16. The maximum absolute atomic E-state index is 11.3. The number of hydrogen-bond acceptors (Lipinski definition) is 3. The molecular formula is C10H14ClNO2S. The average Bonchev–Trinajstić information content (AvgIpc) is 2.59. The molecule has 3 nitrogen and oxygen atoms in total. The maximum atomic E-state index is 11.3. The number of thiophene rings is 1. The van der Waals surface area contributed by atoms with Gasteiger partial charge >= 0.3 is 0 Å². The Morgan fingerprint density at radius 2 is 2.33 bits per heavy atom. The number of halogens is 1. The second kappa shape index (κ2) is 5.49. The first-order valence-corrected chi connectivity index (χ1v) is 5.87. The molecule has 0 radical (unpaired) electrons. The van der Waals surface area contributed by atoms with E-state index < -0.39 is 6.10 Å². The van der Waals surface area contributed by atoms with E-state index in [-0.39, 0.29) is 5.91 Å². The minimum absolute atomic E-state index is 0.252. The molecule has 1 unspecified atom stereocenters. The largest absolute Gasteiger partial charge is 0.384 e. The van der Waals surface area contributed by atoms with Crippen LogP contribution < -0.4 is 0 Å². The van der Waals surface area contributed by atoms with Crippen LogP contribution in [0.5, 0.6) is 0 Å². The predicted octanol–water partition coefficient (Wildman–Crippen LogP) is 1.78. The quantitative estimate of drug-likeness (QED) is 0.881. The fourth-order valence-corrected chi connectivity index (χ4v) is 2.27. The summed E-state index contributed by atoms with van der Waals surface area (Å²) in [5.74, 6) is -0.252. The summed E-state index contributed by atoms with van der Waals surface area (Å²) < 4.78 is 0.759. The van der Waals surface area contributed by atoms with E-state index >= 15 is 0 Å². The second-order valence-corrected chi connectivity index (χ2v) is 5.19. The molecule has 0 saturated heterocycles. The lowest BCUT2D eigenvalue weighted by Crippen LogP contribution is -2.35. The van der Waals surface area contributed by atoms with Gasteiger partial charge in [-0.25, -0.2) is 0 Å². The fraction of sp³-hybridized carbons (Fsp3) is 0.500. The molecule has 0 aliphatic heterocycles. The summed E-state index contributed by atoms with van der Waals surface area (Å²) in [5.41, 5.74) is 0. The van der Waals surface area contributed by atoms with E-state index in [0.717, 1.165) is 15.6 Å². The van der Waals surface area contributed by atoms with E-state index in [1.165, 1.54) is 23.2 Å². The topological polar surface area (TPSA) is 40.5 Å². The summed E-state index contributed by atoms with van der Waals surface area (Å²) in [5, 5.41) is 9.08. The molecule has 1 N–H and O–H groups in total. The first kappa shape index (κ1) is 12.5. The zero-order chi connectivity index (χ0) is 11.4. The first-order valence-electron chi connectivity index (χ1n) is 4.68. The van der Waals surface area contributed by atoms with Crippen molar-refractivity contribution in [1.29, 1.82) is 0 Å². The number of likely N-dealkylation sites (N-methyl/N-ethyl adjacent to an activating group) is 1. The molecule has 0 fully saturated rings. The Hall–Kier alpha value is -0.580. The Morgan fingerprint density at radius 3 is 2.80 bits per heavy atom. The first-order chi connectivity index (χ1) is 7.00. The SMILES string of the molecule is CC(O)C(=O)N(C)CCc1ccc(Cl)s1. The van der Waals surface area contributed by atoms with Gasteiger partial charge in [-0.15, -0.1) is 11.3 Å². The van der Waals surface area contributed by atoms with Gasteiger partial charge in [0.1, 0.15) is 6.10 Å². The third kappa shape index (κ3) is 3.81. The summed E-state index contributed by atoms with van der Waals surface area (Å²) in [4.78, 5) is 14.0. The van der Waals surface area contributed by atoms with Crippen LogP contribution in [-0.2, 0) is 11.2 Å². The number of carbonyl (C=O) groups excluding carboxylic acids is 1. The highest BCUT2D eigenvalue weighted by Crippen LogP contribution is 2.21. The van der Waals surface area contributed by atoms with Crippen molar-refractivity contribution in [1.82, 2.24) is 4.90 Å². The molecule has 0 saturated carbocycles. The van der Waals surface area contributed by atoms with E-state index in [9.17, 15) is 4.79 Å². The lowest BCUT2D eigenvalue weighted by molar-refractivity contribution is -0.137. The summed E-state index contributed by atoms with van der Waals surface area (Å²) in [6, 6.07) is 3.80. The van der Waals surface area contributed by atoms with Crippen molar-refractivity contribution < 1.29 is 9.90 Å². The zero-order valence-electron chi connectivity index (χ0n) is 8.74. The number of aliphatic hydroxyl groups is 1. The number of nitrogens with zero attached hydrogens (tertiary/aromatic N) is 1. The van der Waals surface area contributed by atoms with Gasteiger partial charge < -0.3 is 10.0 Å². The molecule has 0 bridgehead atoms. The minimum atomic E-state index is -0.929. The van der Waals surface area contributed by atoms with Crippen molar-refractivity contribution in [2.75, 3.05) is 13.6 Å². The third-order valence-corrected chi connectivity index (χ3v) is 3.35. The number of rotatable bonds is 4. The standard InChI is InChI=1S/C10H14ClNO2S/c1-7(13)10(14)12(2)6-5-8-3-4-9(11)15-8/h3-4,7,13H,5-6H2,1-2H3. The maximum Gasteiger partial charge on any atom is 0.250 e. The van der Waals surface area contributed by atoms with Crippen molar-refractivity contribution in [2.24, 2.45) is 0 Å². The highest BCUT2D eigenvalue weighted by atomic mass is 35.5. The van der Waals surface area contributed by atoms with E-state index in [1.807, 2.05) is 12.1 Å². The Kier molecular flexibility index (Phi) is 4.57. The van der Waals surface area contributed by atoms with E-state index in [0.29, 0.717) is 6.54 Å². The molecule has 1 aromatic heterocycles. The molecule has 0 spiro atoms. The molecule has 0 aromatic carbocycles. The molecule has 0 aliphatic rings. The average molecular weight is 248 g/mol. The van der Waals surface area contributed by atoms with Gasteiger partial charge in [-0.3, -0.25) is 4.79 Å². The predicted molar refractivity (Wildman–Crippen MR) is 62.4 cm³/mol. The fourth-order valence-electron chi connectivity index (χ4n) is 1.19. The number of hydrogen-bond donors (Lipinski definition) is 1. The Balaban J connectivity index is 2.40. The van der Waals surface area contributed by atoms with Crippen molar-refractivity contribution in [3.8, 4) is 0 Å². The van der Waals surface area contributed by atoms with Crippen LogP contribution in [0, 0.1) is 0 Å². The van der Waals surface area contributed by atoms with Crippen LogP contribution in [0.1, 0.15) is 11.8 Å². The van der Waals surface area contributed by atoms with Crippen molar-refractivity contribution in [3.63, 3.8) is 0 Å². The molecule has 84 valence electrons. The normalized spacial score (nSPS) is 12.5. The van der Waals surface area contributed by atoms with Crippen LogP contribution in [-0.4, -0.2) is 35.6 Å². The highest BCUT2D eigenvalue weighted by Gasteiger charge is 2.14. The summed E-state index contributed by atoms with van der Waals surface area (Å²) in [6.07, 6.45) is -0.159. The van der Waals surface area contributed by atoms with Crippen molar-refractivity contribution in [3.05, 3.63) is 21.3 Å².